The first-order valence-electron chi connectivity index (χ1n) is 11.4. The molecule has 0 radical (unpaired) electrons. The summed E-state index contributed by atoms with van der Waals surface area (Å²) >= 11 is 13.4. The lowest BCUT2D eigenvalue weighted by Gasteiger charge is -2.19. The Morgan fingerprint density at radius 2 is 2.12 bits per heavy atom. The summed E-state index contributed by atoms with van der Waals surface area (Å²) in [7, 11) is 1.60. The molecule has 1 saturated carbocycles. The van der Waals surface area contributed by atoms with Crippen LogP contribution in [0.25, 0.3) is 0 Å². The summed E-state index contributed by atoms with van der Waals surface area (Å²) in [5.74, 6) is -0.310. The predicted octanol–water partition coefficient (Wildman–Crippen LogP) is 4.14. The average molecular weight is 521 g/mol. The van der Waals surface area contributed by atoms with Gasteiger partial charge < -0.3 is 25.4 Å². The van der Waals surface area contributed by atoms with Crippen molar-refractivity contribution in [1.82, 2.24) is 5.32 Å². The minimum Gasteiger partial charge on any atom is -0.393 e. The molecule has 2 rings (SSSR count). The molecule has 6 nitrogen and oxygen atoms in total. The number of ether oxygens (including phenoxy) is 1. The maximum Gasteiger partial charge on any atom is 0.220 e. The fraction of sp³-hybridized carbons (Fsp3) is 0.625. The number of thiophene rings is 1. The summed E-state index contributed by atoms with van der Waals surface area (Å²) in [6.07, 6.45) is 9.72. The third-order valence-electron chi connectivity index (χ3n) is 5.89. The number of hydrogen-bond donors (Lipinski definition) is 4. The molecule has 0 aliphatic heterocycles. The van der Waals surface area contributed by atoms with Gasteiger partial charge in [0.05, 0.1) is 33.6 Å². The number of aliphatic hydroxyl groups excluding tert-OH is 3. The average Bonchev–Trinajstić information content (AvgIpc) is 3.23. The number of unbranched alkanes of at least 4 members (excludes halogenated alkanes) is 1. The van der Waals surface area contributed by atoms with Gasteiger partial charge in [-0.2, -0.15) is 0 Å². The standard InChI is InChI=1S/C24H35Cl2NO5S/c1-32-13-12-27-23(31)7-5-3-2-4-6-18-19(21(30)15-20(18)29)11-10-17(28)9-8-16-14-22(25)33-24(16)26/h2,4,10-11,14,17-21,28-30H,3,5-9,12-13,15H2,1H3,(H,27,31)/b4-2-,11-10+/t17-,18+,19+,20-,21+/m0/s1. The van der Waals surface area contributed by atoms with Crippen LogP contribution in [0.3, 0.4) is 0 Å². The lowest BCUT2D eigenvalue weighted by molar-refractivity contribution is -0.121. The molecule has 0 aromatic carbocycles. The van der Waals surface area contributed by atoms with E-state index in [1.54, 1.807) is 13.2 Å². The van der Waals surface area contributed by atoms with Crippen molar-refractivity contribution in [2.45, 2.75) is 63.3 Å². The van der Waals surface area contributed by atoms with Gasteiger partial charge in [0.25, 0.3) is 0 Å². The number of nitrogens with one attached hydrogen (secondary N) is 1. The second-order valence-corrected chi connectivity index (χ2v) is 10.7. The zero-order valence-corrected chi connectivity index (χ0v) is 21.3. The van der Waals surface area contributed by atoms with Crippen LogP contribution in [0.2, 0.25) is 8.67 Å². The number of halogens is 2. The van der Waals surface area contributed by atoms with Crippen LogP contribution in [-0.2, 0) is 16.0 Å². The number of amides is 1. The number of carbonyl (C=O) groups is 1. The van der Waals surface area contributed by atoms with Gasteiger partial charge in [-0.25, -0.2) is 0 Å². The monoisotopic (exact) mass is 519 g/mol. The molecule has 1 aromatic heterocycles. The third-order valence-corrected chi connectivity index (χ3v) is 7.46. The number of allylic oxidation sites excluding steroid dienone is 2. The Hall–Kier alpha value is -0.930. The highest BCUT2D eigenvalue weighted by atomic mass is 35.5. The maximum atomic E-state index is 11.7. The summed E-state index contributed by atoms with van der Waals surface area (Å²) < 4.78 is 6.17. The van der Waals surface area contributed by atoms with Crippen molar-refractivity contribution in [1.29, 1.82) is 0 Å². The van der Waals surface area contributed by atoms with E-state index >= 15 is 0 Å². The Morgan fingerprint density at radius 3 is 2.82 bits per heavy atom. The lowest BCUT2D eigenvalue weighted by atomic mass is 9.89. The van der Waals surface area contributed by atoms with Crippen molar-refractivity contribution in [3.8, 4) is 0 Å². The van der Waals surface area contributed by atoms with Gasteiger partial charge in [-0.3, -0.25) is 4.79 Å². The van der Waals surface area contributed by atoms with E-state index in [0.29, 0.717) is 53.9 Å². The van der Waals surface area contributed by atoms with Crippen molar-refractivity contribution in [3.63, 3.8) is 0 Å². The molecule has 0 spiro atoms. The minimum atomic E-state index is -0.670. The van der Waals surface area contributed by atoms with E-state index in [1.807, 2.05) is 24.3 Å². The van der Waals surface area contributed by atoms with Gasteiger partial charge in [0.1, 0.15) is 0 Å². The number of rotatable bonds is 14. The Morgan fingerprint density at radius 1 is 1.33 bits per heavy atom. The van der Waals surface area contributed by atoms with Crippen molar-refractivity contribution in [2.24, 2.45) is 11.8 Å². The fourth-order valence-corrected chi connectivity index (χ4v) is 5.58. The van der Waals surface area contributed by atoms with Crippen LogP contribution in [0.4, 0.5) is 0 Å². The fourth-order valence-electron chi connectivity index (χ4n) is 4.04. The van der Waals surface area contributed by atoms with Gasteiger partial charge in [0, 0.05) is 32.4 Å². The molecule has 5 atom stereocenters. The summed E-state index contributed by atoms with van der Waals surface area (Å²) in [6.45, 7) is 1.03. The van der Waals surface area contributed by atoms with E-state index in [9.17, 15) is 20.1 Å². The topological polar surface area (TPSA) is 99.0 Å². The van der Waals surface area contributed by atoms with Gasteiger partial charge in [0.2, 0.25) is 5.91 Å². The summed E-state index contributed by atoms with van der Waals surface area (Å²) in [5, 5.41) is 33.9. The Kier molecular flexibility index (Phi) is 13.0. The van der Waals surface area contributed by atoms with Gasteiger partial charge >= 0.3 is 0 Å². The number of methoxy groups -OCH3 is 1. The van der Waals surface area contributed by atoms with Crippen LogP contribution in [0.15, 0.2) is 30.4 Å². The Bertz CT molecular complexity index is 785. The molecular formula is C24H35Cl2NO5S. The van der Waals surface area contributed by atoms with Gasteiger partial charge in [-0.15, -0.1) is 11.3 Å². The minimum absolute atomic E-state index is 0.0166. The molecule has 1 aliphatic carbocycles. The number of aliphatic hydroxyl groups is 3. The highest BCUT2D eigenvalue weighted by molar-refractivity contribution is 7.20. The van der Waals surface area contributed by atoms with Gasteiger partial charge in [0.15, 0.2) is 0 Å². The Labute approximate surface area is 210 Å². The first kappa shape index (κ1) is 28.3. The third kappa shape index (κ3) is 10.1. The molecule has 0 bridgehead atoms. The largest absolute Gasteiger partial charge is 0.393 e. The molecule has 1 heterocycles. The normalized spacial score (nSPS) is 24.2. The highest BCUT2D eigenvalue weighted by Gasteiger charge is 2.39. The van der Waals surface area contributed by atoms with Gasteiger partial charge in [-0.1, -0.05) is 47.5 Å². The lowest BCUT2D eigenvalue weighted by Crippen LogP contribution is -2.26. The van der Waals surface area contributed by atoms with Crippen LogP contribution in [0.1, 0.15) is 44.1 Å². The van der Waals surface area contributed by atoms with Crippen LogP contribution in [0.5, 0.6) is 0 Å². The second-order valence-electron chi connectivity index (χ2n) is 8.39. The zero-order valence-electron chi connectivity index (χ0n) is 19.0. The molecule has 1 aliphatic rings. The van der Waals surface area contributed by atoms with E-state index < -0.39 is 18.3 Å². The van der Waals surface area contributed by atoms with E-state index in [-0.39, 0.29) is 17.7 Å². The van der Waals surface area contributed by atoms with Crippen molar-refractivity contribution in [3.05, 3.63) is 44.6 Å². The van der Waals surface area contributed by atoms with Crippen LogP contribution >= 0.6 is 34.5 Å². The van der Waals surface area contributed by atoms with E-state index in [2.05, 4.69) is 5.32 Å². The number of aryl methyl sites for hydroxylation is 1. The Balaban J connectivity index is 1.75. The van der Waals surface area contributed by atoms with Crippen molar-refractivity contribution in [2.75, 3.05) is 20.3 Å². The van der Waals surface area contributed by atoms with E-state index in [1.165, 1.54) is 11.3 Å². The van der Waals surface area contributed by atoms with Crippen LogP contribution in [-0.4, -0.2) is 59.8 Å². The summed E-state index contributed by atoms with van der Waals surface area (Å²) in [6, 6.07) is 1.82. The molecule has 1 amide bonds. The molecule has 33 heavy (non-hydrogen) atoms. The maximum absolute atomic E-state index is 11.7. The molecule has 1 aromatic rings. The molecule has 1 fully saturated rings. The van der Waals surface area contributed by atoms with Crippen LogP contribution in [0, 0.1) is 11.8 Å². The van der Waals surface area contributed by atoms with Gasteiger partial charge in [-0.05, 0) is 49.7 Å². The molecule has 9 heteroatoms. The predicted molar refractivity (Wildman–Crippen MR) is 134 cm³/mol. The smallest absolute Gasteiger partial charge is 0.220 e. The zero-order chi connectivity index (χ0) is 24.2. The summed E-state index contributed by atoms with van der Waals surface area (Å²) in [4.78, 5) is 11.7. The van der Waals surface area contributed by atoms with E-state index in [4.69, 9.17) is 27.9 Å². The first-order chi connectivity index (χ1) is 15.8. The molecular weight excluding hydrogens is 485 g/mol. The first-order valence-corrected chi connectivity index (χ1v) is 13.0. The quantitative estimate of drug-likeness (QED) is 0.218. The van der Waals surface area contributed by atoms with Crippen molar-refractivity contribution >= 4 is 40.4 Å². The van der Waals surface area contributed by atoms with E-state index in [0.717, 1.165) is 18.4 Å². The SMILES string of the molecule is COCCNC(=O)CCC/C=C\C[C@@H]1[C@@H](/C=C/[C@@H](O)CCc2cc(Cl)sc2Cl)[C@H](O)C[C@@H]1O. The number of carbonyl (C=O) groups excluding carboxylic acids is 1. The summed E-state index contributed by atoms with van der Waals surface area (Å²) in [5.41, 5.74) is 0.922. The molecule has 0 saturated heterocycles. The van der Waals surface area contributed by atoms with Crippen LogP contribution < -0.4 is 5.32 Å². The molecule has 0 unspecified atom stereocenters. The molecule has 4 N–H and O–H groups in total. The molecule has 186 valence electrons. The highest BCUT2D eigenvalue weighted by Crippen LogP contribution is 2.36. The second kappa shape index (κ2) is 15.1. The number of hydrogen-bond acceptors (Lipinski definition) is 6. The van der Waals surface area contributed by atoms with Crippen molar-refractivity contribution < 1.29 is 24.9 Å².